The van der Waals surface area contributed by atoms with Crippen LogP contribution in [0.25, 0.3) is 0 Å². The van der Waals surface area contributed by atoms with E-state index in [4.69, 9.17) is 4.42 Å². The van der Waals surface area contributed by atoms with Crippen LogP contribution in [-0.2, 0) is 6.54 Å². The minimum atomic E-state index is 0.0650. The van der Waals surface area contributed by atoms with E-state index in [0.29, 0.717) is 24.5 Å². The molecule has 1 unspecified atom stereocenters. The quantitative estimate of drug-likeness (QED) is 0.872. The van der Waals surface area contributed by atoms with Crippen LogP contribution >= 0.6 is 0 Å². The molecule has 1 aliphatic heterocycles. The van der Waals surface area contributed by atoms with Crippen molar-refractivity contribution in [2.24, 2.45) is 0 Å². The van der Waals surface area contributed by atoms with Crippen LogP contribution in [0.4, 0.5) is 6.01 Å². The van der Waals surface area contributed by atoms with Gasteiger partial charge in [-0.05, 0) is 40.5 Å². The molecule has 0 amide bonds. The van der Waals surface area contributed by atoms with Gasteiger partial charge in [0.2, 0.25) is 5.89 Å². The molecular formula is C12H22N4O. The molecule has 5 nitrogen and oxygen atoms in total. The molecule has 0 radical (unpaired) electrons. The average Bonchev–Trinajstić information content (AvgIpc) is 2.81. The largest absolute Gasteiger partial charge is 0.407 e. The molecule has 1 saturated heterocycles. The number of hydrogen-bond acceptors (Lipinski definition) is 5. The maximum absolute atomic E-state index is 5.67. The first-order valence-electron chi connectivity index (χ1n) is 6.30. The highest BCUT2D eigenvalue weighted by Crippen LogP contribution is 2.23. The normalized spacial score (nSPS) is 21.2. The Bertz CT molecular complexity index is 369. The molecule has 1 aliphatic rings. The van der Waals surface area contributed by atoms with Gasteiger partial charge in [-0.1, -0.05) is 5.10 Å². The summed E-state index contributed by atoms with van der Waals surface area (Å²) >= 11 is 0. The summed E-state index contributed by atoms with van der Waals surface area (Å²) in [6.45, 7) is 10.2. The van der Waals surface area contributed by atoms with E-state index >= 15 is 0 Å². The average molecular weight is 238 g/mol. The summed E-state index contributed by atoms with van der Waals surface area (Å²) < 4.78 is 5.67. The zero-order valence-electron chi connectivity index (χ0n) is 11.2. The number of rotatable bonds is 3. The number of aromatic nitrogens is 2. The van der Waals surface area contributed by atoms with Gasteiger partial charge >= 0.3 is 6.01 Å². The van der Waals surface area contributed by atoms with E-state index in [1.807, 2.05) is 0 Å². The summed E-state index contributed by atoms with van der Waals surface area (Å²) in [5.74, 6) is 0.661. The van der Waals surface area contributed by atoms with Crippen molar-refractivity contribution in [2.45, 2.75) is 58.7 Å². The summed E-state index contributed by atoms with van der Waals surface area (Å²) in [4.78, 5) is 2.19. The lowest BCUT2D eigenvalue weighted by Crippen LogP contribution is -2.35. The van der Waals surface area contributed by atoms with Gasteiger partial charge in [-0.2, -0.15) is 0 Å². The van der Waals surface area contributed by atoms with Crippen molar-refractivity contribution in [3.63, 3.8) is 0 Å². The third-order valence-electron chi connectivity index (χ3n) is 3.02. The SMILES string of the molecule is CC1CCCN1c1nnc(CNC(C)(C)C)o1. The molecule has 0 saturated carbocycles. The van der Waals surface area contributed by atoms with Gasteiger partial charge in [0.15, 0.2) is 0 Å². The van der Waals surface area contributed by atoms with Crippen LogP contribution in [0.2, 0.25) is 0 Å². The predicted molar refractivity (Wildman–Crippen MR) is 66.9 cm³/mol. The van der Waals surface area contributed by atoms with Gasteiger partial charge in [0.1, 0.15) is 0 Å². The number of nitrogens with one attached hydrogen (secondary N) is 1. The van der Waals surface area contributed by atoms with Crippen molar-refractivity contribution in [1.82, 2.24) is 15.5 Å². The smallest absolute Gasteiger partial charge is 0.318 e. The fourth-order valence-electron chi connectivity index (χ4n) is 1.99. The summed E-state index contributed by atoms with van der Waals surface area (Å²) in [5, 5.41) is 11.5. The second kappa shape index (κ2) is 4.64. The van der Waals surface area contributed by atoms with Gasteiger partial charge in [0, 0.05) is 18.1 Å². The molecule has 1 aromatic heterocycles. The van der Waals surface area contributed by atoms with Crippen LogP contribution in [0.5, 0.6) is 0 Å². The molecule has 0 aliphatic carbocycles. The maximum Gasteiger partial charge on any atom is 0.318 e. The second-order valence-electron chi connectivity index (χ2n) is 5.77. The van der Waals surface area contributed by atoms with Crippen molar-refractivity contribution >= 4 is 6.01 Å². The molecule has 0 aromatic carbocycles. The Hall–Kier alpha value is -1.10. The zero-order chi connectivity index (χ0) is 12.5. The fraction of sp³-hybridized carbons (Fsp3) is 0.833. The molecule has 1 N–H and O–H groups in total. The topological polar surface area (TPSA) is 54.2 Å². The summed E-state index contributed by atoms with van der Waals surface area (Å²) in [6.07, 6.45) is 2.41. The first-order chi connectivity index (χ1) is 7.96. The standard InChI is InChI=1S/C12H22N4O/c1-9-6-5-7-16(9)11-15-14-10(17-11)8-13-12(2,3)4/h9,13H,5-8H2,1-4H3. The summed E-state index contributed by atoms with van der Waals surface area (Å²) in [6, 6.07) is 1.18. The molecule has 2 rings (SSSR count). The Kier molecular flexibility index (Phi) is 3.38. The Morgan fingerprint density at radius 2 is 2.18 bits per heavy atom. The predicted octanol–water partition coefficient (Wildman–Crippen LogP) is 1.95. The Morgan fingerprint density at radius 1 is 1.41 bits per heavy atom. The molecule has 2 heterocycles. The maximum atomic E-state index is 5.67. The first kappa shape index (κ1) is 12.4. The zero-order valence-corrected chi connectivity index (χ0v) is 11.2. The molecule has 1 fully saturated rings. The van der Waals surface area contributed by atoms with E-state index in [2.05, 4.69) is 48.1 Å². The van der Waals surface area contributed by atoms with Crippen molar-refractivity contribution in [3.05, 3.63) is 5.89 Å². The lowest BCUT2D eigenvalue weighted by atomic mass is 10.1. The van der Waals surface area contributed by atoms with Crippen molar-refractivity contribution in [2.75, 3.05) is 11.4 Å². The summed E-state index contributed by atoms with van der Waals surface area (Å²) in [7, 11) is 0. The lowest BCUT2D eigenvalue weighted by molar-refractivity contribution is 0.380. The highest BCUT2D eigenvalue weighted by atomic mass is 16.4. The van der Waals surface area contributed by atoms with E-state index in [9.17, 15) is 0 Å². The number of hydrogen-bond donors (Lipinski definition) is 1. The second-order valence-corrected chi connectivity index (χ2v) is 5.77. The van der Waals surface area contributed by atoms with E-state index < -0.39 is 0 Å². The van der Waals surface area contributed by atoms with E-state index in [1.54, 1.807) is 0 Å². The molecule has 96 valence electrons. The summed E-state index contributed by atoms with van der Waals surface area (Å²) in [5.41, 5.74) is 0.0650. The molecule has 1 aromatic rings. The van der Waals surface area contributed by atoms with Crippen LogP contribution in [0.1, 0.15) is 46.4 Å². The lowest BCUT2D eigenvalue weighted by Gasteiger charge is -2.19. The van der Waals surface area contributed by atoms with Gasteiger partial charge < -0.3 is 14.6 Å². The molecule has 17 heavy (non-hydrogen) atoms. The van der Waals surface area contributed by atoms with Crippen molar-refractivity contribution in [1.29, 1.82) is 0 Å². The Labute approximate surface area is 103 Å². The molecule has 0 bridgehead atoms. The van der Waals surface area contributed by atoms with Gasteiger partial charge in [0.05, 0.1) is 6.54 Å². The van der Waals surface area contributed by atoms with Gasteiger partial charge in [-0.25, -0.2) is 0 Å². The Morgan fingerprint density at radius 3 is 2.76 bits per heavy atom. The van der Waals surface area contributed by atoms with Crippen LogP contribution in [0, 0.1) is 0 Å². The molecule has 5 heteroatoms. The monoisotopic (exact) mass is 238 g/mol. The molecular weight excluding hydrogens is 216 g/mol. The van der Waals surface area contributed by atoms with Gasteiger partial charge in [-0.3, -0.25) is 0 Å². The number of nitrogens with zero attached hydrogens (tertiary/aromatic N) is 3. The van der Waals surface area contributed by atoms with Crippen LogP contribution in [0.3, 0.4) is 0 Å². The molecule has 1 atom stereocenters. The Balaban J connectivity index is 1.96. The molecule has 0 spiro atoms. The van der Waals surface area contributed by atoms with Crippen LogP contribution in [-0.4, -0.2) is 28.3 Å². The van der Waals surface area contributed by atoms with Gasteiger partial charge in [-0.15, -0.1) is 5.10 Å². The van der Waals surface area contributed by atoms with Crippen LogP contribution in [0.15, 0.2) is 4.42 Å². The highest BCUT2D eigenvalue weighted by Gasteiger charge is 2.25. The fourth-order valence-corrected chi connectivity index (χ4v) is 1.99. The number of anilines is 1. The van der Waals surface area contributed by atoms with E-state index in [0.717, 1.165) is 6.54 Å². The minimum absolute atomic E-state index is 0.0650. The van der Waals surface area contributed by atoms with Crippen molar-refractivity contribution in [3.8, 4) is 0 Å². The van der Waals surface area contributed by atoms with Crippen molar-refractivity contribution < 1.29 is 4.42 Å². The van der Waals surface area contributed by atoms with Crippen LogP contribution < -0.4 is 10.2 Å². The van der Waals surface area contributed by atoms with Gasteiger partial charge in [0.25, 0.3) is 0 Å². The first-order valence-corrected chi connectivity index (χ1v) is 6.30. The highest BCUT2D eigenvalue weighted by molar-refractivity contribution is 5.28. The third kappa shape index (κ3) is 3.19. The van der Waals surface area contributed by atoms with E-state index in [-0.39, 0.29) is 5.54 Å². The van der Waals surface area contributed by atoms with E-state index in [1.165, 1.54) is 12.8 Å². The minimum Gasteiger partial charge on any atom is -0.407 e. The third-order valence-corrected chi connectivity index (χ3v) is 3.02.